The van der Waals surface area contributed by atoms with Crippen LogP contribution in [0.3, 0.4) is 0 Å². The van der Waals surface area contributed by atoms with Crippen molar-refractivity contribution in [2.24, 2.45) is 7.05 Å². The van der Waals surface area contributed by atoms with Gasteiger partial charge in [0.05, 0.1) is 11.6 Å². The summed E-state index contributed by atoms with van der Waals surface area (Å²) in [5.41, 5.74) is 6.18. The maximum atomic E-state index is 5.48. The van der Waals surface area contributed by atoms with Gasteiger partial charge in [0.15, 0.2) is 5.65 Å². The van der Waals surface area contributed by atoms with Crippen LogP contribution in [0.25, 0.3) is 11.0 Å². The molecule has 2 aromatic heterocycles. The summed E-state index contributed by atoms with van der Waals surface area (Å²) in [4.78, 5) is 6.81. The smallest absolute Gasteiger partial charge is 0.200 e. The second kappa shape index (κ2) is 2.28. The highest BCUT2D eigenvalue weighted by atomic mass is 32.1. The number of rotatable bonds is 0. The molecule has 3 N–H and O–H groups in total. The molecule has 0 amide bonds. The molecule has 0 aliphatic heterocycles. The molecule has 0 aliphatic rings. The first-order valence-electron chi connectivity index (χ1n) is 3.36. The zero-order chi connectivity index (χ0) is 8.72. The zero-order valence-corrected chi connectivity index (χ0v) is 7.22. The average molecular weight is 181 g/mol. The summed E-state index contributed by atoms with van der Waals surface area (Å²) in [6.45, 7) is 0. The van der Waals surface area contributed by atoms with Gasteiger partial charge >= 0.3 is 0 Å². The van der Waals surface area contributed by atoms with E-state index in [1.807, 2.05) is 0 Å². The predicted molar refractivity (Wildman–Crippen MR) is 48.1 cm³/mol. The van der Waals surface area contributed by atoms with Crippen molar-refractivity contribution in [3.8, 4) is 0 Å². The van der Waals surface area contributed by atoms with Gasteiger partial charge in [-0.2, -0.15) is 10.1 Å². The monoisotopic (exact) mass is 181 g/mol. The quantitative estimate of drug-likeness (QED) is 0.584. The van der Waals surface area contributed by atoms with E-state index in [1.54, 1.807) is 17.9 Å². The predicted octanol–water partition coefficient (Wildman–Crippen LogP) is 0.608. The minimum Gasteiger partial charge on any atom is -0.369 e. The van der Waals surface area contributed by atoms with E-state index in [4.69, 9.17) is 18.0 Å². The number of nitrogens with two attached hydrogens (primary N) is 1. The molecule has 2 aromatic rings. The van der Waals surface area contributed by atoms with Crippen molar-refractivity contribution in [3.05, 3.63) is 10.8 Å². The van der Waals surface area contributed by atoms with Crippen molar-refractivity contribution in [2.75, 3.05) is 5.73 Å². The van der Waals surface area contributed by atoms with Crippen LogP contribution < -0.4 is 5.73 Å². The summed E-state index contributed by atoms with van der Waals surface area (Å²) >= 11 is 5.03. The van der Waals surface area contributed by atoms with Crippen LogP contribution in [-0.2, 0) is 7.05 Å². The number of nitrogen functional groups attached to an aromatic ring is 1. The van der Waals surface area contributed by atoms with Gasteiger partial charge < -0.3 is 10.7 Å². The Bertz CT molecular complexity index is 482. The number of hydrogen-bond donors (Lipinski definition) is 2. The SMILES string of the molecule is Cn1ncc2c(=S)[nH]c(N)nc21. The molecule has 0 atom stereocenters. The fraction of sp³-hybridized carbons (Fsp3) is 0.167. The van der Waals surface area contributed by atoms with Gasteiger partial charge in [0.2, 0.25) is 5.95 Å². The highest BCUT2D eigenvalue weighted by Gasteiger charge is 2.02. The van der Waals surface area contributed by atoms with Gasteiger partial charge in [-0.25, -0.2) is 0 Å². The Morgan fingerprint density at radius 1 is 1.67 bits per heavy atom. The zero-order valence-electron chi connectivity index (χ0n) is 6.40. The Hall–Kier alpha value is -1.43. The summed E-state index contributed by atoms with van der Waals surface area (Å²) in [5, 5.41) is 4.83. The first-order valence-corrected chi connectivity index (χ1v) is 3.77. The van der Waals surface area contributed by atoms with Crippen molar-refractivity contribution in [2.45, 2.75) is 0 Å². The number of aromatic nitrogens is 4. The first kappa shape index (κ1) is 7.23. The van der Waals surface area contributed by atoms with Gasteiger partial charge in [0.1, 0.15) is 4.64 Å². The Morgan fingerprint density at radius 2 is 2.42 bits per heavy atom. The summed E-state index contributed by atoms with van der Waals surface area (Å²) < 4.78 is 2.21. The third-order valence-electron chi connectivity index (χ3n) is 1.62. The molecule has 0 bridgehead atoms. The maximum absolute atomic E-state index is 5.48. The third-order valence-corrected chi connectivity index (χ3v) is 1.94. The topological polar surface area (TPSA) is 72.5 Å². The highest BCUT2D eigenvalue weighted by Crippen LogP contribution is 2.10. The molecule has 62 valence electrons. The van der Waals surface area contributed by atoms with Crippen LogP contribution in [0.15, 0.2) is 6.20 Å². The average Bonchev–Trinajstić information content (AvgIpc) is 2.33. The maximum Gasteiger partial charge on any atom is 0.200 e. The normalized spacial score (nSPS) is 10.8. The Balaban J connectivity index is 3.03. The molecule has 2 heterocycles. The molecule has 0 aromatic carbocycles. The molecule has 0 saturated heterocycles. The van der Waals surface area contributed by atoms with Crippen molar-refractivity contribution >= 4 is 29.2 Å². The van der Waals surface area contributed by atoms with E-state index in [1.165, 1.54) is 0 Å². The van der Waals surface area contributed by atoms with Crippen molar-refractivity contribution in [3.63, 3.8) is 0 Å². The number of fused-ring (bicyclic) bond motifs is 1. The molecule has 0 aliphatic carbocycles. The van der Waals surface area contributed by atoms with Gasteiger partial charge in [-0.1, -0.05) is 12.2 Å². The first-order chi connectivity index (χ1) is 5.68. The number of anilines is 1. The second-order valence-corrected chi connectivity index (χ2v) is 2.86. The van der Waals surface area contributed by atoms with Gasteiger partial charge in [-0.15, -0.1) is 0 Å². The highest BCUT2D eigenvalue weighted by molar-refractivity contribution is 7.71. The fourth-order valence-electron chi connectivity index (χ4n) is 1.05. The van der Waals surface area contributed by atoms with Crippen LogP contribution in [-0.4, -0.2) is 19.7 Å². The van der Waals surface area contributed by atoms with Crippen molar-refractivity contribution in [1.82, 2.24) is 19.7 Å². The lowest BCUT2D eigenvalue weighted by Crippen LogP contribution is -1.98. The third kappa shape index (κ3) is 0.884. The van der Waals surface area contributed by atoms with Crippen LogP contribution in [0.5, 0.6) is 0 Å². The van der Waals surface area contributed by atoms with Crippen molar-refractivity contribution < 1.29 is 0 Å². The molecule has 0 saturated carbocycles. The Kier molecular flexibility index (Phi) is 1.37. The van der Waals surface area contributed by atoms with E-state index in [-0.39, 0.29) is 0 Å². The van der Waals surface area contributed by atoms with Crippen LogP contribution in [0, 0.1) is 4.64 Å². The van der Waals surface area contributed by atoms with E-state index < -0.39 is 0 Å². The van der Waals surface area contributed by atoms with Crippen LogP contribution in [0.1, 0.15) is 0 Å². The lowest BCUT2D eigenvalue weighted by Gasteiger charge is -1.95. The summed E-state index contributed by atoms with van der Waals surface area (Å²) in [6, 6.07) is 0. The Morgan fingerprint density at radius 3 is 3.17 bits per heavy atom. The minimum absolute atomic E-state index is 0.316. The fourth-order valence-corrected chi connectivity index (χ4v) is 1.30. The van der Waals surface area contributed by atoms with E-state index in [9.17, 15) is 0 Å². The molecular formula is C6H7N5S. The second-order valence-electron chi connectivity index (χ2n) is 2.46. The number of H-pyrrole nitrogens is 1. The van der Waals surface area contributed by atoms with Gasteiger partial charge in [0.25, 0.3) is 0 Å². The van der Waals surface area contributed by atoms with E-state index >= 15 is 0 Å². The number of nitrogens with zero attached hydrogens (tertiary/aromatic N) is 3. The van der Waals surface area contributed by atoms with Crippen LogP contribution in [0.2, 0.25) is 0 Å². The number of hydrogen-bond acceptors (Lipinski definition) is 4. The van der Waals surface area contributed by atoms with Crippen molar-refractivity contribution in [1.29, 1.82) is 0 Å². The summed E-state index contributed by atoms with van der Waals surface area (Å²) in [7, 11) is 1.80. The van der Waals surface area contributed by atoms with Crippen LogP contribution >= 0.6 is 12.2 Å². The Labute approximate surface area is 73.2 Å². The lowest BCUT2D eigenvalue weighted by molar-refractivity contribution is 0.786. The largest absolute Gasteiger partial charge is 0.369 e. The van der Waals surface area contributed by atoms with E-state index in [0.29, 0.717) is 16.2 Å². The molecule has 5 nitrogen and oxygen atoms in total. The molecule has 0 spiro atoms. The molecule has 6 heteroatoms. The summed E-state index contributed by atoms with van der Waals surface area (Å²) in [6.07, 6.45) is 1.67. The molecule has 0 unspecified atom stereocenters. The number of aromatic amines is 1. The molecule has 0 fully saturated rings. The van der Waals surface area contributed by atoms with Crippen LogP contribution in [0.4, 0.5) is 5.95 Å². The number of nitrogens with one attached hydrogen (secondary N) is 1. The van der Waals surface area contributed by atoms with Gasteiger partial charge in [-0.05, 0) is 0 Å². The van der Waals surface area contributed by atoms with Gasteiger partial charge in [0, 0.05) is 7.05 Å². The molecule has 0 radical (unpaired) electrons. The van der Waals surface area contributed by atoms with Gasteiger partial charge in [-0.3, -0.25) is 4.68 Å². The van der Waals surface area contributed by atoms with E-state index in [2.05, 4.69) is 15.1 Å². The molecular weight excluding hydrogens is 174 g/mol. The van der Waals surface area contributed by atoms with E-state index in [0.717, 1.165) is 5.39 Å². The minimum atomic E-state index is 0.316. The molecule has 2 rings (SSSR count). The standard InChI is InChI=1S/C6H7N5S/c1-11-4-3(2-8-11)5(12)10-6(7)9-4/h2H,1H3,(H3,7,9,10,12). The summed E-state index contributed by atoms with van der Waals surface area (Å²) in [5.74, 6) is 0.316. The molecule has 12 heavy (non-hydrogen) atoms. The lowest BCUT2D eigenvalue weighted by atomic mass is 10.4. The number of aryl methyl sites for hydroxylation is 1.